The quantitative estimate of drug-likeness (QED) is 0.794. The molecule has 0 bridgehead atoms. The van der Waals surface area contributed by atoms with Crippen LogP contribution in [0.15, 0.2) is 18.5 Å². The Morgan fingerprint density at radius 1 is 1.30 bits per heavy atom. The first-order chi connectivity index (χ1) is 9.53. The van der Waals surface area contributed by atoms with Gasteiger partial charge in [0.15, 0.2) is 0 Å². The predicted octanol–water partition coefficient (Wildman–Crippen LogP) is -0.00930. The lowest BCUT2D eigenvalue weighted by Crippen LogP contribution is -2.47. The van der Waals surface area contributed by atoms with Gasteiger partial charge in [0.05, 0.1) is 5.60 Å². The van der Waals surface area contributed by atoms with Crippen molar-refractivity contribution < 1.29 is 5.11 Å². The van der Waals surface area contributed by atoms with Crippen LogP contribution < -0.4 is 10.6 Å². The fraction of sp³-hybridized carbons (Fsp3) is 0.500. The topological polar surface area (TPSA) is 106 Å². The molecule has 1 aliphatic heterocycles. The third kappa shape index (κ3) is 2.55. The van der Waals surface area contributed by atoms with E-state index in [1.807, 2.05) is 11.8 Å². The lowest BCUT2D eigenvalue weighted by atomic mass is 9.95. The van der Waals surface area contributed by atoms with Crippen molar-refractivity contribution in [3.8, 4) is 5.95 Å². The third-order valence-electron chi connectivity index (χ3n) is 3.30. The highest BCUT2D eigenvalue weighted by molar-refractivity contribution is 5.38. The fourth-order valence-electron chi connectivity index (χ4n) is 2.39. The molecule has 8 heteroatoms. The minimum Gasteiger partial charge on any atom is -0.388 e. The molecule has 1 saturated heterocycles. The number of hydrogen-bond donors (Lipinski definition) is 2. The SMILES string of the molecule is CC1(O)CCCN(c2nc(N)nc(-n3cccn3)n2)C1. The molecule has 0 aliphatic carbocycles. The van der Waals surface area contributed by atoms with Gasteiger partial charge in [0, 0.05) is 25.5 Å². The van der Waals surface area contributed by atoms with Crippen LogP contribution in [0.3, 0.4) is 0 Å². The van der Waals surface area contributed by atoms with Gasteiger partial charge < -0.3 is 15.7 Å². The molecule has 0 aromatic carbocycles. The van der Waals surface area contributed by atoms with Crippen LogP contribution in [-0.2, 0) is 0 Å². The molecular weight excluding hydrogens is 258 g/mol. The Morgan fingerprint density at radius 2 is 2.10 bits per heavy atom. The number of nitrogen functional groups attached to an aromatic ring is 1. The highest BCUT2D eigenvalue weighted by Gasteiger charge is 2.30. The molecular formula is C12H17N7O. The number of aliphatic hydroxyl groups is 1. The van der Waals surface area contributed by atoms with E-state index in [-0.39, 0.29) is 5.95 Å². The molecule has 1 unspecified atom stereocenters. The Balaban J connectivity index is 1.94. The second kappa shape index (κ2) is 4.71. The number of aromatic nitrogens is 5. The molecule has 20 heavy (non-hydrogen) atoms. The molecule has 8 nitrogen and oxygen atoms in total. The number of β-amino-alcohol motifs (C(OH)–C–C–N with tert-alkyl or cyclic N) is 1. The van der Waals surface area contributed by atoms with Gasteiger partial charge in [-0.25, -0.2) is 4.68 Å². The Kier molecular flexibility index (Phi) is 3.01. The van der Waals surface area contributed by atoms with E-state index >= 15 is 0 Å². The van der Waals surface area contributed by atoms with Crippen LogP contribution >= 0.6 is 0 Å². The minimum atomic E-state index is -0.731. The largest absolute Gasteiger partial charge is 0.388 e. The summed E-state index contributed by atoms with van der Waals surface area (Å²) in [7, 11) is 0. The zero-order chi connectivity index (χ0) is 14.2. The Morgan fingerprint density at radius 3 is 2.80 bits per heavy atom. The first-order valence-corrected chi connectivity index (χ1v) is 6.52. The summed E-state index contributed by atoms with van der Waals surface area (Å²) in [5.74, 6) is 0.997. The molecule has 1 fully saturated rings. The molecule has 106 valence electrons. The van der Waals surface area contributed by atoms with Crippen molar-refractivity contribution in [2.45, 2.75) is 25.4 Å². The average Bonchev–Trinajstić information content (AvgIpc) is 2.90. The normalized spacial score (nSPS) is 23.0. The van der Waals surface area contributed by atoms with Crippen LogP contribution in [0.5, 0.6) is 0 Å². The Bertz CT molecular complexity index is 596. The van der Waals surface area contributed by atoms with Crippen LogP contribution in [0.25, 0.3) is 5.95 Å². The summed E-state index contributed by atoms with van der Waals surface area (Å²) in [6.45, 7) is 3.09. The maximum Gasteiger partial charge on any atom is 0.257 e. The smallest absolute Gasteiger partial charge is 0.257 e. The fourth-order valence-corrected chi connectivity index (χ4v) is 2.39. The van der Waals surface area contributed by atoms with Gasteiger partial charge >= 0.3 is 0 Å². The van der Waals surface area contributed by atoms with E-state index in [4.69, 9.17) is 5.73 Å². The average molecular weight is 275 g/mol. The van der Waals surface area contributed by atoms with Crippen LogP contribution in [-0.4, -0.2) is 48.5 Å². The minimum absolute atomic E-state index is 0.144. The maximum absolute atomic E-state index is 10.2. The van der Waals surface area contributed by atoms with Crippen molar-refractivity contribution in [1.82, 2.24) is 24.7 Å². The molecule has 0 amide bonds. The van der Waals surface area contributed by atoms with E-state index in [0.29, 0.717) is 18.4 Å². The molecule has 3 heterocycles. The lowest BCUT2D eigenvalue weighted by molar-refractivity contribution is 0.0444. The molecule has 3 N–H and O–H groups in total. The van der Waals surface area contributed by atoms with Crippen molar-refractivity contribution in [1.29, 1.82) is 0 Å². The summed E-state index contributed by atoms with van der Waals surface area (Å²) in [5, 5.41) is 14.2. The standard InChI is InChI=1S/C12H17N7O/c1-12(20)4-2-6-18(8-12)10-15-9(13)16-11(17-10)19-7-3-5-14-19/h3,5,7,20H,2,4,6,8H2,1H3,(H2,13,15,16,17). The van der Waals surface area contributed by atoms with Crippen molar-refractivity contribution in [3.63, 3.8) is 0 Å². The van der Waals surface area contributed by atoms with Gasteiger partial charge in [-0.05, 0) is 25.8 Å². The molecule has 2 aromatic rings. The summed E-state index contributed by atoms with van der Waals surface area (Å²) in [5.41, 5.74) is 5.02. The summed E-state index contributed by atoms with van der Waals surface area (Å²) in [6.07, 6.45) is 5.04. The Labute approximate surface area is 116 Å². The second-order valence-corrected chi connectivity index (χ2v) is 5.27. The van der Waals surface area contributed by atoms with E-state index in [9.17, 15) is 5.11 Å². The van der Waals surface area contributed by atoms with Crippen LogP contribution in [0.1, 0.15) is 19.8 Å². The van der Waals surface area contributed by atoms with E-state index < -0.39 is 5.60 Å². The molecule has 3 rings (SSSR count). The maximum atomic E-state index is 10.2. The molecule has 1 atom stereocenters. The van der Waals surface area contributed by atoms with Gasteiger partial charge in [-0.1, -0.05) is 0 Å². The monoisotopic (exact) mass is 275 g/mol. The van der Waals surface area contributed by atoms with Gasteiger partial charge in [0.1, 0.15) is 0 Å². The number of hydrogen-bond acceptors (Lipinski definition) is 7. The van der Waals surface area contributed by atoms with Crippen LogP contribution in [0, 0.1) is 0 Å². The summed E-state index contributed by atoms with van der Waals surface area (Å²) in [6, 6.07) is 1.78. The first kappa shape index (κ1) is 12.8. The number of anilines is 2. The highest BCUT2D eigenvalue weighted by atomic mass is 16.3. The first-order valence-electron chi connectivity index (χ1n) is 6.52. The third-order valence-corrected chi connectivity index (χ3v) is 3.30. The molecule has 2 aromatic heterocycles. The Hall–Kier alpha value is -2.22. The van der Waals surface area contributed by atoms with Crippen LogP contribution in [0.4, 0.5) is 11.9 Å². The van der Waals surface area contributed by atoms with Gasteiger partial charge in [0.2, 0.25) is 11.9 Å². The van der Waals surface area contributed by atoms with Crippen molar-refractivity contribution in [2.75, 3.05) is 23.7 Å². The van der Waals surface area contributed by atoms with Gasteiger partial charge in [0.25, 0.3) is 5.95 Å². The predicted molar refractivity (Wildman–Crippen MR) is 73.4 cm³/mol. The van der Waals surface area contributed by atoms with Crippen molar-refractivity contribution in [3.05, 3.63) is 18.5 Å². The van der Waals surface area contributed by atoms with E-state index in [2.05, 4.69) is 20.1 Å². The van der Waals surface area contributed by atoms with E-state index in [1.165, 1.54) is 4.68 Å². The van der Waals surface area contributed by atoms with E-state index in [0.717, 1.165) is 19.4 Å². The van der Waals surface area contributed by atoms with Crippen LogP contribution in [0.2, 0.25) is 0 Å². The van der Waals surface area contributed by atoms with Gasteiger partial charge in [-0.15, -0.1) is 0 Å². The number of nitrogens with two attached hydrogens (primary N) is 1. The summed E-state index contributed by atoms with van der Waals surface area (Å²) in [4.78, 5) is 14.5. The molecule has 0 spiro atoms. The number of nitrogens with zero attached hydrogens (tertiary/aromatic N) is 6. The molecule has 0 radical (unpaired) electrons. The number of piperidine rings is 1. The second-order valence-electron chi connectivity index (χ2n) is 5.27. The lowest BCUT2D eigenvalue weighted by Gasteiger charge is -2.36. The van der Waals surface area contributed by atoms with E-state index in [1.54, 1.807) is 18.5 Å². The summed E-state index contributed by atoms with van der Waals surface area (Å²) < 4.78 is 1.53. The van der Waals surface area contributed by atoms with Gasteiger partial charge in [-0.2, -0.15) is 20.1 Å². The zero-order valence-corrected chi connectivity index (χ0v) is 11.3. The molecule has 1 aliphatic rings. The van der Waals surface area contributed by atoms with Crippen molar-refractivity contribution >= 4 is 11.9 Å². The molecule has 0 saturated carbocycles. The zero-order valence-electron chi connectivity index (χ0n) is 11.3. The number of rotatable bonds is 2. The van der Waals surface area contributed by atoms with Gasteiger partial charge in [-0.3, -0.25) is 0 Å². The van der Waals surface area contributed by atoms with Crippen molar-refractivity contribution in [2.24, 2.45) is 0 Å². The highest BCUT2D eigenvalue weighted by Crippen LogP contribution is 2.23. The summed E-state index contributed by atoms with van der Waals surface area (Å²) >= 11 is 0.